The van der Waals surface area contributed by atoms with Crippen LogP contribution in [0, 0.1) is 0 Å². The van der Waals surface area contributed by atoms with E-state index in [1.54, 1.807) is 71.3 Å². The minimum absolute atomic E-state index is 0.295. The van der Waals surface area contributed by atoms with Gasteiger partial charge >= 0.3 is 12.2 Å². The van der Waals surface area contributed by atoms with Crippen molar-refractivity contribution in [2.24, 2.45) is 0 Å². The van der Waals surface area contributed by atoms with Gasteiger partial charge in [0.2, 0.25) is 5.91 Å². The number of ether oxygens (including phenoxy) is 2. The van der Waals surface area contributed by atoms with E-state index >= 15 is 0 Å². The molecular formula is C24H40N4O5S2. The van der Waals surface area contributed by atoms with Crippen molar-refractivity contribution in [2.45, 2.75) is 82.3 Å². The summed E-state index contributed by atoms with van der Waals surface area (Å²) in [6.45, 7) is 11.4. The molecule has 198 valence electrons. The van der Waals surface area contributed by atoms with E-state index in [2.05, 4.69) is 20.9 Å². The van der Waals surface area contributed by atoms with Crippen molar-refractivity contribution in [3.05, 3.63) is 24.0 Å². The smallest absolute Gasteiger partial charge is 0.408 e. The van der Waals surface area contributed by atoms with Crippen molar-refractivity contribution in [1.82, 2.24) is 20.9 Å². The fourth-order valence-electron chi connectivity index (χ4n) is 2.79. The van der Waals surface area contributed by atoms with Crippen LogP contribution < -0.4 is 16.0 Å². The Balaban J connectivity index is 2.52. The molecule has 0 saturated carbocycles. The van der Waals surface area contributed by atoms with Crippen LogP contribution in [-0.4, -0.2) is 65.4 Å². The summed E-state index contributed by atoms with van der Waals surface area (Å²) in [5.41, 5.74) is -0.240. The van der Waals surface area contributed by atoms with Crippen molar-refractivity contribution in [2.75, 3.05) is 25.1 Å². The molecule has 1 atom stereocenters. The Morgan fingerprint density at radius 2 is 1.66 bits per heavy atom. The summed E-state index contributed by atoms with van der Waals surface area (Å²) < 4.78 is 10.5. The van der Waals surface area contributed by atoms with Crippen LogP contribution in [0.25, 0.3) is 0 Å². The normalized spacial score (nSPS) is 12.4. The molecule has 1 aromatic rings. The number of hydrogen-bond acceptors (Lipinski definition) is 8. The molecule has 0 aliphatic carbocycles. The van der Waals surface area contributed by atoms with Gasteiger partial charge in [0.15, 0.2) is 0 Å². The Morgan fingerprint density at radius 3 is 2.29 bits per heavy atom. The van der Waals surface area contributed by atoms with E-state index in [9.17, 15) is 14.4 Å². The van der Waals surface area contributed by atoms with Crippen molar-refractivity contribution in [3.63, 3.8) is 0 Å². The standard InChI is InChI=1S/C24H40N4O5S2/c1-23(2,3)32-21(30)27-13-8-10-17(28-22(31)33-24(4,5)6)20(29)26-14-15-35-16-18-19(34-7)11-9-12-25-18/h9,11-12,17H,8,10,13-16H2,1-7H3,(H,26,29)(H,27,30)(H,28,31). The van der Waals surface area contributed by atoms with Crippen molar-refractivity contribution in [1.29, 1.82) is 0 Å². The Kier molecular flexibility index (Phi) is 13.3. The van der Waals surface area contributed by atoms with Crippen LogP contribution >= 0.6 is 23.5 Å². The van der Waals surface area contributed by atoms with Gasteiger partial charge in [-0.2, -0.15) is 11.8 Å². The summed E-state index contributed by atoms with van der Waals surface area (Å²) >= 11 is 3.34. The van der Waals surface area contributed by atoms with Crippen LogP contribution in [0.4, 0.5) is 9.59 Å². The lowest BCUT2D eigenvalue weighted by atomic mass is 10.1. The van der Waals surface area contributed by atoms with E-state index in [-0.39, 0.29) is 5.91 Å². The third kappa shape index (κ3) is 14.8. The zero-order valence-electron chi connectivity index (χ0n) is 21.9. The summed E-state index contributed by atoms with van der Waals surface area (Å²) in [4.78, 5) is 42.4. The molecule has 0 aliphatic rings. The first-order valence-electron chi connectivity index (χ1n) is 11.6. The second kappa shape index (κ2) is 15.1. The van der Waals surface area contributed by atoms with Gasteiger partial charge in [0.25, 0.3) is 0 Å². The van der Waals surface area contributed by atoms with E-state index in [0.29, 0.717) is 31.7 Å². The zero-order chi connectivity index (χ0) is 26.5. The quantitative estimate of drug-likeness (QED) is 0.271. The summed E-state index contributed by atoms with van der Waals surface area (Å²) in [5, 5.41) is 8.19. The molecule has 9 nitrogen and oxygen atoms in total. The monoisotopic (exact) mass is 528 g/mol. The van der Waals surface area contributed by atoms with Crippen LogP contribution in [0.3, 0.4) is 0 Å². The van der Waals surface area contributed by atoms with Gasteiger partial charge in [-0.3, -0.25) is 9.78 Å². The maximum absolute atomic E-state index is 12.8. The minimum Gasteiger partial charge on any atom is -0.444 e. The molecule has 1 rings (SSSR count). The summed E-state index contributed by atoms with van der Waals surface area (Å²) in [5.74, 6) is 1.16. The molecule has 0 spiro atoms. The molecule has 11 heteroatoms. The highest BCUT2D eigenvalue weighted by Gasteiger charge is 2.24. The second-order valence-corrected chi connectivity index (χ2v) is 11.7. The maximum atomic E-state index is 12.8. The predicted molar refractivity (Wildman–Crippen MR) is 142 cm³/mol. The average molecular weight is 529 g/mol. The van der Waals surface area contributed by atoms with Gasteiger partial charge in [0, 0.05) is 35.7 Å². The first kappa shape index (κ1) is 30.9. The van der Waals surface area contributed by atoms with Gasteiger partial charge in [-0.1, -0.05) is 0 Å². The SMILES string of the molecule is CSc1cccnc1CSCCNC(=O)C(CCCNC(=O)OC(C)(C)C)NC(=O)OC(C)(C)C. The first-order chi connectivity index (χ1) is 16.3. The van der Waals surface area contributed by atoms with Crippen LogP contribution in [0.15, 0.2) is 23.2 Å². The van der Waals surface area contributed by atoms with Gasteiger partial charge in [0.05, 0.1) is 5.69 Å². The number of nitrogens with one attached hydrogen (secondary N) is 3. The fraction of sp³-hybridized carbons (Fsp3) is 0.667. The molecule has 3 N–H and O–H groups in total. The van der Waals surface area contributed by atoms with Crippen LogP contribution in [0.5, 0.6) is 0 Å². The number of rotatable bonds is 12. The molecular weight excluding hydrogens is 488 g/mol. The predicted octanol–water partition coefficient (Wildman–Crippen LogP) is 4.35. The number of amides is 3. The second-order valence-electron chi connectivity index (χ2n) is 9.77. The van der Waals surface area contributed by atoms with Crippen molar-refractivity contribution >= 4 is 41.6 Å². The fourth-order valence-corrected chi connectivity index (χ4v) is 4.27. The van der Waals surface area contributed by atoms with Crippen molar-refractivity contribution < 1.29 is 23.9 Å². The summed E-state index contributed by atoms with van der Waals surface area (Å²) in [7, 11) is 0. The van der Waals surface area contributed by atoms with Gasteiger partial charge in [0.1, 0.15) is 17.2 Å². The number of alkyl carbamates (subject to hydrolysis) is 2. The molecule has 1 unspecified atom stereocenters. The molecule has 0 saturated heterocycles. The van der Waals surface area contributed by atoms with Gasteiger partial charge < -0.3 is 25.4 Å². The molecule has 0 bridgehead atoms. The highest BCUT2D eigenvalue weighted by molar-refractivity contribution is 7.99. The van der Waals surface area contributed by atoms with E-state index in [0.717, 1.165) is 16.3 Å². The number of pyridine rings is 1. The molecule has 0 radical (unpaired) electrons. The van der Waals surface area contributed by atoms with E-state index in [1.807, 2.05) is 18.4 Å². The van der Waals surface area contributed by atoms with E-state index in [1.165, 1.54) is 0 Å². The first-order valence-corrected chi connectivity index (χ1v) is 14.0. The van der Waals surface area contributed by atoms with Crippen LogP contribution in [0.1, 0.15) is 60.1 Å². The molecule has 0 fully saturated rings. The van der Waals surface area contributed by atoms with Crippen molar-refractivity contribution in [3.8, 4) is 0 Å². The Hall–Kier alpha value is -2.14. The molecule has 0 aromatic carbocycles. The molecule has 35 heavy (non-hydrogen) atoms. The van der Waals surface area contributed by atoms with Crippen LogP contribution in [-0.2, 0) is 20.0 Å². The maximum Gasteiger partial charge on any atom is 0.408 e. The summed E-state index contributed by atoms with van der Waals surface area (Å²) in [6, 6.07) is 3.18. The van der Waals surface area contributed by atoms with Gasteiger partial charge in [-0.05, 0) is 72.8 Å². The third-order valence-corrected chi connectivity index (χ3v) is 5.98. The molecule has 3 amide bonds. The number of nitrogens with zero attached hydrogens (tertiary/aromatic N) is 1. The highest BCUT2D eigenvalue weighted by Crippen LogP contribution is 2.21. The topological polar surface area (TPSA) is 119 Å². The number of hydrogen-bond donors (Lipinski definition) is 3. The van der Waals surface area contributed by atoms with Crippen LogP contribution in [0.2, 0.25) is 0 Å². The lowest BCUT2D eigenvalue weighted by Gasteiger charge is -2.23. The number of aromatic nitrogens is 1. The Morgan fingerprint density at radius 1 is 1.00 bits per heavy atom. The Labute approximate surface area is 217 Å². The highest BCUT2D eigenvalue weighted by atomic mass is 32.2. The number of thioether (sulfide) groups is 2. The molecule has 0 aliphatic heterocycles. The zero-order valence-corrected chi connectivity index (χ0v) is 23.5. The lowest BCUT2D eigenvalue weighted by Crippen LogP contribution is -2.48. The third-order valence-electron chi connectivity index (χ3n) is 4.20. The average Bonchev–Trinajstić information content (AvgIpc) is 2.73. The minimum atomic E-state index is -0.783. The molecule has 1 aromatic heterocycles. The van der Waals surface area contributed by atoms with E-state index < -0.39 is 29.4 Å². The molecule has 1 heterocycles. The van der Waals surface area contributed by atoms with E-state index in [4.69, 9.17) is 9.47 Å². The Bertz CT molecular complexity index is 825. The summed E-state index contributed by atoms with van der Waals surface area (Å²) in [6.07, 6.45) is 3.42. The van der Waals surface area contributed by atoms with Gasteiger partial charge in [-0.15, -0.1) is 11.8 Å². The van der Waals surface area contributed by atoms with Gasteiger partial charge in [-0.25, -0.2) is 9.59 Å². The number of carbonyl (C=O) groups is 3. The largest absolute Gasteiger partial charge is 0.444 e. The number of carbonyl (C=O) groups excluding carboxylic acids is 3. The lowest BCUT2D eigenvalue weighted by molar-refractivity contribution is -0.123.